The smallest absolute Gasteiger partial charge is 0.199 e. The Balaban J connectivity index is 1.98. The van der Waals surface area contributed by atoms with Crippen LogP contribution in [0.5, 0.6) is 0 Å². The predicted octanol–water partition coefficient (Wildman–Crippen LogP) is 3.10. The molecule has 0 saturated heterocycles. The molecule has 2 aromatic rings. The second kappa shape index (κ2) is 6.97. The van der Waals surface area contributed by atoms with Gasteiger partial charge in [-0.05, 0) is 24.6 Å². The van der Waals surface area contributed by atoms with Gasteiger partial charge in [0.25, 0.3) is 0 Å². The lowest BCUT2D eigenvalue weighted by atomic mass is 10.2. The third kappa shape index (κ3) is 4.67. The highest BCUT2D eigenvalue weighted by atomic mass is 32.2. The van der Waals surface area contributed by atoms with Gasteiger partial charge in [-0.15, -0.1) is 0 Å². The monoisotopic (exact) mass is 300 g/mol. The van der Waals surface area contributed by atoms with Crippen molar-refractivity contribution < 1.29 is 8.42 Å². The molecule has 108 valence electrons. The molecule has 21 heavy (non-hydrogen) atoms. The molecule has 0 saturated carbocycles. The van der Waals surface area contributed by atoms with E-state index in [4.69, 9.17) is 0 Å². The summed E-state index contributed by atoms with van der Waals surface area (Å²) in [6.07, 6.45) is 0. The van der Waals surface area contributed by atoms with Crippen molar-refractivity contribution in [3.63, 3.8) is 0 Å². The lowest BCUT2D eigenvalue weighted by molar-refractivity contribution is 0.596. The topological polar surface area (TPSA) is 58.9 Å². The van der Waals surface area contributed by atoms with Crippen molar-refractivity contribution in [1.82, 2.24) is 0 Å². The zero-order valence-corrected chi connectivity index (χ0v) is 12.5. The Labute approximate surface area is 124 Å². The SMILES string of the molecule is Cc1ccc(S(=O)(=O)CN=C=NCc2ccccc2)cc1. The van der Waals surface area contributed by atoms with E-state index in [2.05, 4.69) is 16.0 Å². The van der Waals surface area contributed by atoms with Gasteiger partial charge < -0.3 is 0 Å². The van der Waals surface area contributed by atoms with Gasteiger partial charge in [0, 0.05) is 0 Å². The summed E-state index contributed by atoms with van der Waals surface area (Å²) in [6, 6.07) is 18.8. The van der Waals surface area contributed by atoms with E-state index in [1.54, 1.807) is 24.3 Å². The summed E-state index contributed by atoms with van der Waals surface area (Å²) in [4.78, 5) is 7.99. The maximum atomic E-state index is 12.0. The predicted molar refractivity (Wildman–Crippen MR) is 83.2 cm³/mol. The third-order valence-electron chi connectivity index (χ3n) is 2.86. The highest BCUT2D eigenvalue weighted by Crippen LogP contribution is 2.11. The summed E-state index contributed by atoms with van der Waals surface area (Å²) in [5.41, 5.74) is 2.04. The maximum absolute atomic E-state index is 12.0. The van der Waals surface area contributed by atoms with Crippen molar-refractivity contribution in [3.05, 3.63) is 65.7 Å². The van der Waals surface area contributed by atoms with Crippen molar-refractivity contribution in [2.45, 2.75) is 18.4 Å². The van der Waals surface area contributed by atoms with Crippen LogP contribution in [-0.4, -0.2) is 20.3 Å². The van der Waals surface area contributed by atoms with E-state index in [-0.39, 0.29) is 10.8 Å². The fourth-order valence-corrected chi connectivity index (χ4v) is 2.62. The third-order valence-corrected chi connectivity index (χ3v) is 4.32. The van der Waals surface area contributed by atoms with Crippen LogP contribution >= 0.6 is 0 Å². The van der Waals surface area contributed by atoms with Crippen molar-refractivity contribution in [2.24, 2.45) is 9.98 Å². The molecule has 0 unspecified atom stereocenters. The van der Waals surface area contributed by atoms with Gasteiger partial charge in [0.1, 0.15) is 0 Å². The molecule has 0 aromatic heterocycles. The minimum Gasteiger partial charge on any atom is -0.222 e. The van der Waals surface area contributed by atoms with Gasteiger partial charge in [0.2, 0.25) is 0 Å². The van der Waals surface area contributed by atoms with Crippen LogP contribution in [0.1, 0.15) is 11.1 Å². The average Bonchev–Trinajstić information content (AvgIpc) is 2.48. The minimum atomic E-state index is -3.41. The van der Waals surface area contributed by atoms with Crippen LogP contribution in [-0.2, 0) is 16.4 Å². The average molecular weight is 300 g/mol. The van der Waals surface area contributed by atoms with Crippen LogP contribution in [0.15, 0.2) is 69.5 Å². The van der Waals surface area contributed by atoms with Gasteiger partial charge >= 0.3 is 0 Å². The normalized spacial score (nSPS) is 10.7. The molecule has 0 aliphatic carbocycles. The molecule has 0 bridgehead atoms. The molecule has 2 aromatic carbocycles. The summed E-state index contributed by atoms with van der Waals surface area (Å²) in [5.74, 6) is -0.339. The minimum absolute atomic E-state index is 0.265. The van der Waals surface area contributed by atoms with Crippen molar-refractivity contribution in [1.29, 1.82) is 0 Å². The fourth-order valence-electron chi connectivity index (χ4n) is 1.69. The molecule has 0 radical (unpaired) electrons. The highest BCUT2D eigenvalue weighted by Gasteiger charge is 2.12. The van der Waals surface area contributed by atoms with Crippen LogP contribution in [0.4, 0.5) is 0 Å². The molecular formula is C16H16N2O2S. The molecule has 0 aliphatic heterocycles. The zero-order valence-electron chi connectivity index (χ0n) is 11.7. The van der Waals surface area contributed by atoms with E-state index in [1.165, 1.54) is 0 Å². The van der Waals surface area contributed by atoms with Crippen LogP contribution in [0.25, 0.3) is 0 Å². The summed E-state index contributed by atoms with van der Waals surface area (Å²) < 4.78 is 24.0. The Morgan fingerprint density at radius 2 is 1.62 bits per heavy atom. The molecule has 0 amide bonds. The second-order valence-electron chi connectivity index (χ2n) is 4.62. The Morgan fingerprint density at radius 1 is 0.952 bits per heavy atom. The van der Waals surface area contributed by atoms with E-state index in [1.807, 2.05) is 37.3 Å². The Bertz CT molecular complexity index is 745. The summed E-state index contributed by atoms with van der Waals surface area (Å²) in [7, 11) is -3.41. The molecule has 0 heterocycles. The number of sulfone groups is 1. The highest BCUT2D eigenvalue weighted by molar-refractivity contribution is 7.91. The maximum Gasteiger partial charge on any atom is 0.199 e. The summed E-state index contributed by atoms with van der Waals surface area (Å²) in [5, 5.41) is 0. The lowest BCUT2D eigenvalue weighted by Crippen LogP contribution is -2.04. The molecule has 0 N–H and O–H groups in total. The quantitative estimate of drug-likeness (QED) is 0.797. The van der Waals surface area contributed by atoms with Gasteiger partial charge in [0.15, 0.2) is 15.7 Å². The van der Waals surface area contributed by atoms with Crippen molar-refractivity contribution in [3.8, 4) is 0 Å². The molecule has 0 aliphatic rings. The Morgan fingerprint density at radius 3 is 2.29 bits per heavy atom. The molecule has 2 rings (SSSR count). The van der Waals surface area contributed by atoms with Crippen molar-refractivity contribution in [2.75, 3.05) is 5.88 Å². The number of rotatable bonds is 5. The van der Waals surface area contributed by atoms with Crippen molar-refractivity contribution >= 4 is 15.8 Å². The van der Waals surface area contributed by atoms with E-state index in [0.717, 1.165) is 11.1 Å². The summed E-state index contributed by atoms with van der Waals surface area (Å²) >= 11 is 0. The van der Waals surface area contributed by atoms with E-state index in [0.29, 0.717) is 6.54 Å². The molecule has 0 atom stereocenters. The van der Waals surface area contributed by atoms with E-state index >= 15 is 0 Å². The van der Waals surface area contributed by atoms with Crippen LogP contribution in [0.2, 0.25) is 0 Å². The number of hydrogen-bond acceptors (Lipinski definition) is 4. The van der Waals surface area contributed by atoms with Gasteiger partial charge in [0.05, 0.1) is 17.4 Å². The number of aryl methyl sites for hydroxylation is 1. The lowest BCUT2D eigenvalue weighted by Gasteiger charge is -2.00. The van der Waals surface area contributed by atoms with E-state index in [9.17, 15) is 8.42 Å². The first-order valence-corrected chi connectivity index (χ1v) is 8.14. The van der Waals surface area contributed by atoms with Crippen LogP contribution in [0, 0.1) is 6.92 Å². The standard InChI is InChI=1S/C16H16N2O2S/c1-14-7-9-16(10-8-14)21(19,20)13-18-12-17-11-15-5-3-2-4-6-15/h2-10H,11,13H2,1H3. The molecule has 5 heteroatoms. The number of aliphatic imine (C=N–C) groups is 2. The first-order valence-electron chi connectivity index (χ1n) is 6.49. The molecule has 4 nitrogen and oxygen atoms in total. The van der Waals surface area contributed by atoms with Gasteiger partial charge in [-0.25, -0.2) is 18.4 Å². The number of hydrogen-bond donors (Lipinski definition) is 0. The Kier molecular flexibility index (Phi) is 5.04. The van der Waals surface area contributed by atoms with Gasteiger partial charge in [-0.2, -0.15) is 0 Å². The molecular weight excluding hydrogens is 284 g/mol. The number of benzene rings is 2. The summed E-state index contributed by atoms with van der Waals surface area (Å²) in [6.45, 7) is 2.35. The fraction of sp³-hybridized carbons (Fsp3) is 0.188. The van der Waals surface area contributed by atoms with Gasteiger partial charge in [-0.3, -0.25) is 0 Å². The van der Waals surface area contributed by atoms with Crippen LogP contribution < -0.4 is 0 Å². The van der Waals surface area contributed by atoms with E-state index < -0.39 is 9.84 Å². The first kappa shape index (κ1) is 15.2. The Hall–Kier alpha value is -2.23. The second-order valence-corrected chi connectivity index (χ2v) is 6.58. The molecule has 0 spiro atoms. The number of nitrogens with zero attached hydrogens (tertiary/aromatic N) is 2. The van der Waals surface area contributed by atoms with Crippen LogP contribution in [0.3, 0.4) is 0 Å². The largest absolute Gasteiger partial charge is 0.222 e. The molecule has 0 fully saturated rings. The van der Waals surface area contributed by atoms with Gasteiger partial charge in [-0.1, -0.05) is 48.0 Å². The zero-order chi connectivity index (χ0) is 15.1. The first-order chi connectivity index (χ1) is 10.1.